The Labute approximate surface area is 202 Å². The molecule has 0 unspecified atom stereocenters. The van der Waals surface area contributed by atoms with Gasteiger partial charge in [-0.05, 0) is 48.9 Å². The molecule has 0 aliphatic carbocycles. The number of thiazole rings is 1. The van der Waals surface area contributed by atoms with Crippen molar-refractivity contribution in [3.05, 3.63) is 94.5 Å². The van der Waals surface area contributed by atoms with Crippen LogP contribution in [-0.2, 0) is 23.1 Å². The molecule has 0 spiro atoms. The molecule has 4 aromatic rings. The van der Waals surface area contributed by atoms with Gasteiger partial charge in [-0.3, -0.25) is 9.59 Å². The summed E-state index contributed by atoms with van der Waals surface area (Å²) < 4.78 is 28.7. The predicted molar refractivity (Wildman–Crippen MR) is 132 cm³/mol. The van der Waals surface area contributed by atoms with Gasteiger partial charge in [-0.1, -0.05) is 36.4 Å². The summed E-state index contributed by atoms with van der Waals surface area (Å²) in [5.41, 5.74) is 2.60. The molecular formula is C25H23N3O4S2. The molecular weight excluding hydrogens is 470 g/mol. The lowest BCUT2D eigenvalue weighted by Gasteiger charge is -2.16. The van der Waals surface area contributed by atoms with Crippen LogP contribution in [0.15, 0.2) is 77.7 Å². The highest BCUT2D eigenvalue weighted by atomic mass is 32.2. The van der Waals surface area contributed by atoms with Gasteiger partial charge in [0.15, 0.2) is 5.78 Å². The summed E-state index contributed by atoms with van der Waals surface area (Å²) in [6, 6.07) is 20.5. The summed E-state index contributed by atoms with van der Waals surface area (Å²) in [4.78, 5) is 30.5. The molecule has 174 valence electrons. The first-order valence-corrected chi connectivity index (χ1v) is 12.8. The molecule has 0 bridgehead atoms. The number of nitrogens with one attached hydrogen (secondary N) is 1. The Kier molecular flexibility index (Phi) is 6.87. The van der Waals surface area contributed by atoms with Gasteiger partial charge in [0.2, 0.25) is 10.0 Å². The third-order valence-electron chi connectivity index (χ3n) is 5.30. The zero-order chi connectivity index (χ0) is 24.3. The zero-order valence-electron chi connectivity index (χ0n) is 18.7. The van der Waals surface area contributed by atoms with Crippen molar-refractivity contribution in [1.29, 1.82) is 0 Å². The first kappa shape index (κ1) is 23.7. The standard InChI is InChI=1S/C25H23N3O4S2/c1-17(29)19-11-13-21(14-12-19)34(31,32)26-15-18-7-9-20(10-8-18)25(30)28(2)16-24-27-22-5-3-4-6-23(22)33-24/h3-14,26H,15-16H2,1-2H3. The minimum Gasteiger partial charge on any atom is -0.335 e. The number of nitrogens with zero attached hydrogens (tertiary/aromatic N) is 2. The molecule has 1 N–H and O–H groups in total. The maximum atomic E-state index is 12.8. The number of aromatic nitrogens is 1. The van der Waals surface area contributed by atoms with Crippen LogP contribution in [0.4, 0.5) is 0 Å². The number of carbonyl (C=O) groups excluding carboxylic acids is 2. The van der Waals surface area contributed by atoms with Gasteiger partial charge in [-0.2, -0.15) is 0 Å². The summed E-state index contributed by atoms with van der Waals surface area (Å²) in [5, 5.41) is 0.861. The van der Waals surface area contributed by atoms with E-state index in [9.17, 15) is 18.0 Å². The van der Waals surface area contributed by atoms with E-state index in [2.05, 4.69) is 9.71 Å². The fourth-order valence-corrected chi connectivity index (χ4v) is 5.42. The lowest BCUT2D eigenvalue weighted by Crippen LogP contribution is -2.26. The van der Waals surface area contributed by atoms with Crippen LogP contribution in [-0.4, -0.2) is 37.0 Å². The number of benzene rings is 3. The van der Waals surface area contributed by atoms with Crippen molar-refractivity contribution in [2.75, 3.05) is 7.05 Å². The fourth-order valence-electron chi connectivity index (χ4n) is 3.38. The van der Waals surface area contributed by atoms with Crippen molar-refractivity contribution in [2.24, 2.45) is 0 Å². The monoisotopic (exact) mass is 493 g/mol. The molecule has 1 amide bonds. The molecule has 0 fully saturated rings. The van der Waals surface area contributed by atoms with E-state index in [0.29, 0.717) is 23.2 Å². The maximum absolute atomic E-state index is 12.8. The van der Waals surface area contributed by atoms with E-state index in [4.69, 9.17) is 0 Å². The highest BCUT2D eigenvalue weighted by Gasteiger charge is 2.16. The molecule has 1 aromatic heterocycles. The first-order valence-electron chi connectivity index (χ1n) is 10.5. The van der Waals surface area contributed by atoms with E-state index >= 15 is 0 Å². The number of Topliss-reactive ketones (excluding diaryl/α,β-unsaturated/α-hetero) is 1. The first-order chi connectivity index (χ1) is 16.2. The van der Waals surface area contributed by atoms with Crippen LogP contribution in [0.2, 0.25) is 0 Å². The number of hydrogen-bond donors (Lipinski definition) is 1. The molecule has 0 atom stereocenters. The third-order valence-corrected chi connectivity index (χ3v) is 7.73. The van der Waals surface area contributed by atoms with Crippen LogP contribution in [0.25, 0.3) is 10.2 Å². The summed E-state index contributed by atoms with van der Waals surface area (Å²) >= 11 is 1.56. The number of rotatable bonds is 8. The highest BCUT2D eigenvalue weighted by molar-refractivity contribution is 7.89. The molecule has 0 saturated carbocycles. The smallest absolute Gasteiger partial charge is 0.253 e. The van der Waals surface area contributed by atoms with E-state index in [-0.39, 0.29) is 23.1 Å². The molecule has 0 aliphatic heterocycles. The van der Waals surface area contributed by atoms with Crippen LogP contribution < -0.4 is 4.72 Å². The second-order valence-electron chi connectivity index (χ2n) is 7.84. The fraction of sp³-hybridized carbons (Fsp3) is 0.160. The van der Waals surface area contributed by atoms with Gasteiger partial charge >= 0.3 is 0 Å². The van der Waals surface area contributed by atoms with Crippen LogP contribution in [0.1, 0.15) is 38.2 Å². The average molecular weight is 494 g/mol. The number of para-hydroxylation sites is 1. The molecule has 34 heavy (non-hydrogen) atoms. The van der Waals surface area contributed by atoms with Gasteiger partial charge in [-0.25, -0.2) is 18.1 Å². The number of sulfonamides is 1. The number of fused-ring (bicyclic) bond motifs is 1. The minimum atomic E-state index is -3.73. The Morgan fingerprint density at radius 1 is 0.941 bits per heavy atom. The van der Waals surface area contributed by atoms with Gasteiger partial charge in [0.1, 0.15) is 5.01 Å². The predicted octanol–water partition coefficient (Wildman–Crippen LogP) is 4.25. The van der Waals surface area contributed by atoms with E-state index in [0.717, 1.165) is 15.2 Å². The Balaban J connectivity index is 1.37. The number of amides is 1. The molecule has 9 heteroatoms. The SMILES string of the molecule is CC(=O)c1ccc(S(=O)(=O)NCc2ccc(C(=O)N(C)Cc3nc4ccccc4s3)cc2)cc1. The van der Waals surface area contributed by atoms with Crippen molar-refractivity contribution < 1.29 is 18.0 Å². The molecule has 0 saturated heterocycles. The van der Waals surface area contributed by atoms with Crippen LogP contribution >= 0.6 is 11.3 Å². The topological polar surface area (TPSA) is 96.4 Å². The summed E-state index contributed by atoms with van der Waals surface area (Å²) in [5.74, 6) is -0.269. The van der Waals surface area contributed by atoms with Gasteiger partial charge in [0.25, 0.3) is 5.91 Å². The van der Waals surface area contributed by atoms with Gasteiger partial charge < -0.3 is 4.90 Å². The van der Waals surface area contributed by atoms with Crippen molar-refractivity contribution in [1.82, 2.24) is 14.6 Å². The van der Waals surface area contributed by atoms with Crippen molar-refractivity contribution in [3.63, 3.8) is 0 Å². The van der Waals surface area contributed by atoms with Crippen molar-refractivity contribution in [3.8, 4) is 0 Å². The highest BCUT2D eigenvalue weighted by Crippen LogP contribution is 2.23. The summed E-state index contributed by atoms with van der Waals surface area (Å²) in [7, 11) is -2.00. The van der Waals surface area contributed by atoms with Gasteiger partial charge in [0.05, 0.1) is 21.7 Å². The second-order valence-corrected chi connectivity index (χ2v) is 10.7. The number of hydrogen-bond acceptors (Lipinski definition) is 6. The van der Waals surface area contributed by atoms with E-state index < -0.39 is 10.0 Å². The van der Waals surface area contributed by atoms with Crippen molar-refractivity contribution in [2.45, 2.75) is 24.9 Å². The molecule has 0 aliphatic rings. The van der Waals surface area contributed by atoms with E-state index in [1.807, 2.05) is 24.3 Å². The number of carbonyl (C=O) groups is 2. The lowest BCUT2D eigenvalue weighted by molar-refractivity contribution is 0.0784. The largest absolute Gasteiger partial charge is 0.335 e. The number of ketones is 1. The van der Waals surface area contributed by atoms with Crippen LogP contribution in [0.5, 0.6) is 0 Å². The van der Waals surface area contributed by atoms with Crippen molar-refractivity contribution >= 4 is 43.3 Å². The normalized spacial score (nSPS) is 11.5. The molecule has 7 nitrogen and oxygen atoms in total. The maximum Gasteiger partial charge on any atom is 0.253 e. The van der Waals surface area contributed by atoms with Crippen LogP contribution in [0.3, 0.4) is 0 Å². The summed E-state index contributed by atoms with van der Waals surface area (Å²) in [6.45, 7) is 1.91. The third kappa shape index (κ3) is 5.39. The van der Waals surface area contributed by atoms with Gasteiger partial charge in [0, 0.05) is 24.7 Å². The minimum absolute atomic E-state index is 0.0762. The van der Waals surface area contributed by atoms with E-state index in [1.165, 1.54) is 31.2 Å². The molecule has 0 radical (unpaired) electrons. The quantitative estimate of drug-likeness (QED) is 0.370. The Hall–Kier alpha value is -3.40. The van der Waals surface area contributed by atoms with Gasteiger partial charge in [-0.15, -0.1) is 11.3 Å². The zero-order valence-corrected chi connectivity index (χ0v) is 20.3. The average Bonchev–Trinajstić information content (AvgIpc) is 3.25. The van der Waals surface area contributed by atoms with Crippen LogP contribution in [0, 0.1) is 0 Å². The Morgan fingerprint density at radius 3 is 2.24 bits per heavy atom. The Morgan fingerprint density at radius 2 is 1.59 bits per heavy atom. The lowest BCUT2D eigenvalue weighted by atomic mass is 10.1. The molecule has 3 aromatic carbocycles. The summed E-state index contributed by atoms with van der Waals surface area (Å²) in [6.07, 6.45) is 0. The molecule has 4 rings (SSSR count). The molecule has 1 heterocycles. The van der Waals surface area contributed by atoms with E-state index in [1.54, 1.807) is 47.5 Å². The Bertz CT molecular complexity index is 1410. The second kappa shape index (κ2) is 9.84.